The van der Waals surface area contributed by atoms with Crippen LogP contribution >= 0.6 is 23.2 Å². The molecule has 1 aromatic carbocycles. The first-order chi connectivity index (χ1) is 24.7. The number of carbonyl (C=O) groups excluding carboxylic acids is 2. The topological polar surface area (TPSA) is 143 Å². The van der Waals surface area contributed by atoms with E-state index < -0.39 is 0 Å². The maximum absolute atomic E-state index is 11.7. The van der Waals surface area contributed by atoms with Crippen molar-refractivity contribution >= 4 is 46.5 Å². The number of hydrogen-bond donors (Lipinski definition) is 4. The number of carbonyl (C=O) groups is 2. The van der Waals surface area contributed by atoms with Crippen molar-refractivity contribution in [1.29, 1.82) is 0 Å². The van der Waals surface area contributed by atoms with E-state index in [1.54, 1.807) is 33.5 Å². The molecular weight excluding hydrogens is 691 g/mol. The van der Waals surface area contributed by atoms with Gasteiger partial charge in [0.05, 0.1) is 41.3 Å². The summed E-state index contributed by atoms with van der Waals surface area (Å²) in [6.45, 7) is 4.91. The third-order valence-corrected chi connectivity index (χ3v) is 10.1. The number of piperidine rings is 1. The van der Waals surface area contributed by atoms with Crippen molar-refractivity contribution < 1.29 is 19.1 Å². The molecule has 12 nitrogen and oxygen atoms in total. The molecule has 5 heterocycles. The molecule has 2 amide bonds. The Morgan fingerprint density at radius 3 is 2.47 bits per heavy atom. The minimum Gasteiger partial charge on any atom is -0.493 e. The smallest absolute Gasteiger partial charge is 0.220 e. The monoisotopic (exact) mass is 732 g/mol. The Bertz CT molecular complexity index is 1890. The summed E-state index contributed by atoms with van der Waals surface area (Å²) in [5, 5.41) is 14.1. The summed E-state index contributed by atoms with van der Waals surface area (Å²) in [5.74, 6) is 1.82. The van der Waals surface area contributed by atoms with Gasteiger partial charge in [-0.15, -0.1) is 0 Å². The Morgan fingerprint density at radius 2 is 1.75 bits per heavy atom. The molecule has 268 valence electrons. The maximum Gasteiger partial charge on any atom is 0.220 e. The summed E-state index contributed by atoms with van der Waals surface area (Å²) in [5.41, 5.74) is 4.88. The van der Waals surface area contributed by atoms with Crippen LogP contribution in [-0.2, 0) is 22.7 Å². The highest BCUT2D eigenvalue weighted by Gasteiger charge is 2.23. The van der Waals surface area contributed by atoms with Crippen LogP contribution in [0, 0.1) is 0 Å². The molecule has 0 aliphatic carbocycles. The average molecular weight is 734 g/mol. The highest BCUT2D eigenvalue weighted by Crippen LogP contribution is 2.41. The molecule has 1 atom stereocenters. The van der Waals surface area contributed by atoms with E-state index in [-0.39, 0.29) is 17.9 Å². The zero-order chi connectivity index (χ0) is 35.9. The van der Waals surface area contributed by atoms with E-state index in [1.165, 1.54) is 0 Å². The number of nitrogens with zero attached hydrogens (tertiary/aromatic N) is 4. The van der Waals surface area contributed by atoms with E-state index in [1.807, 2.05) is 47.4 Å². The molecule has 6 rings (SSSR count). The Labute approximate surface area is 307 Å². The van der Waals surface area contributed by atoms with Crippen molar-refractivity contribution in [3.63, 3.8) is 0 Å². The molecule has 1 unspecified atom stereocenters. The van der Waals surface area contributed by atoms with E-state index >= 15 is 0 Å². The van der Waals surface area contributed by atoms with Crippen LogP contribution in [0.4, 0.5) is 11.5 Å². The van der Waals surface area contributed by atoms with Crippen molar-refractivity contribution in [3.8, 4) is 34.1 Å². The van der Waals surface area contributed by atoms with E-state index in [0.717, 1.165) is 43.5 Å². The molecule has 3 aromatic heterocycles. The van der Waals surface area contributed by atoms with Crippen molar-refractivity contribution in [2.45, 2.75) is 57.8 Å². The van der Waals surface area contributed by atoms with Crippen LogP contribution in [0.1, 0.15) is 43.7 Å². The van der Waals surface area contributed by atoms with Crippen LogP contribution < -0.4 is 30.7 Å². The quantitative estimate of drug-likeness (QED) is 0.134. The first kappa shape index (κ1) is 36.3. The van der Waals surface area contributed by atoms with Gasteiger partial charge >= 0.3 is 0 Å². The fourth-order valence-electron chi connectivity index (χ4n) is 6.51. The number of likely N-dealkylation sites (tertiary alicyclic amines) is 1. The lowest BCUT2D eigenvalue weighted by molar-refractivity contribution is -0.130. The molecule has 0 radical (unpaired) electrons. The number of rotatable bonds is 13. The van der Waals surface area contributed by atoms with Gasteiger partial charge in [-0.3, -0.25) is 14.6 Å². The van der Waals surface area contributed by atoms with Crippen LogP contribution in [0.25, 0.3) is 22.5 Å². The lowest BCUT2D eigenvalue weighted by Crippen LogP contribution is -2.43. The largest absolute Gasteiger partial charge is 0.493 e. The van der Waals surface area contributed by atoms with E-state index in [2.05, 4.69) is 31.2 Å². The fraction of sp³-hybridized carbons (Fsp3) is 0.378. The van der Waals surface area contributed by atoms with Gasteiger partial charge in [0.1, 0.15) is 0 Å². The van der Waals surface area contributed by atoms with Gasteiger partial charge < -0.3 is 35.6 Å². The lowest BCUT2D eigenvalue weighted by Gasteiger charge is -2.32. The van der Waals surface area contributed by atoms with E-state index in [0.29, 0.717) is 87.8 Å². The molecule has 2 saturated heterocycles. The molecule has 51 heavy (non-hydrogen) atoms. The number of aromatic nitrogens is 3. The number of ether oxygens (including phenoxy) is 2. The Kier molecular flexibility index (Phi) is 11.9. The Balaban J connectivity index is 1.18. The number of amides is 2. The highest BCUT2D eigenvalue weighted by molar-refractivity contribution is 6.39. The molecule has 2 aliphatic heterocycles. The molecule has 4 N–H and O–H groups in total. The van der Waals surface area contributed by atoms with Gasteiger partial charge in [-0.1, -0.05) is 41.4 Å². The summed E-state index contributed by atoms with van der Waals surface area (Å²) in [6.07, 6.45) is 6.60. The second kappa shape index (κ2) is 16.7. The van der Waals surface area contributed by atoms with E-state index in [9.17, 15) is 9.59 Å². The summed E-state index contributed by atoms with van der Waals surface area (Å²) in [6, 6.07) is 13.6. The minimum atomic E-state index is 0.0923. The SMILES string of the molecule is COc1nc(-c2ccnc(-c3cccc(Nc4nccc(CNC5CCN(C(C)=O)CC5)c4OC)c3Cl)c2Cl)ccc1CNCC1CCC(=O)N1. The van der Waals surface area contributed by atoms with Crippen molar-refractivity contribution in [2.75, 3.05) is 39.2 Å². The third kappa shape index (κ3) is 8.53. The van der Waals surface area contributed by atoms with Gasteiger partial charge in [0, 0.05) is 92.8 Å². The summed E-state index contributed by atoms with van der Waals surface area (Å²) in [4.78, 5) is 39.0. The first-order valence-corrected chi connectivity index (χ1v) is 17.8. The highest BCUT2D eigenvalue weighted by atomic mass is 35.5. The van der Waals surface area contributed by atoms with Crippen LogP contribution in [0.15, 0.2) is 54.9 Å². The average Bonchev–Trinajstić information content (AvgIpc) is 3.56. The van der Waals surface area contributed by atoms with Crippen LogP contribution in [-0.4, -0.2) is 77.6 Å². The van der Waals surface area contributed by atoms with Crippen LogP contribution in [0.2, 0.25) is 10.0 Å². The second-order valence-electron chi connectivity index (χ2n) is 12.6. The lowest BCUT2D eigenvalue weighted by atomic mass is 10.0. The zero-order valence-corrected chi connectivity index (χ0v) is 30.4. The maximum atomic E-state index is 11.7. The Morgan fingerprint density at radius 1 is 0.941 bits per heavy atom. The number of hydrogen-bond acceptors (Lipinski definition) is 10. The van der Waals surface area contributed by atoms with Gasteiger partial charge in [0.15, 0.2) is 11.6 Å². The number of halogens is 2. The second-order valence-corrected chi connectivity index (χ2v) is 13.4. The molecule has 0 saturated carbocycles. The van der Waals surface area contributed by atoms with E-state index in [4.69, 9.17) is 37.7 Å². The van der Waals surface area contributed by atoms with Crippen molar-refractivity contribution in [3.05, 3.63) is 76.0 Å². The molecule has 2 aliphatic rings. The van der Waals surface area contributed by atoms with Gasteiger partial charge in [-0.25, -0.2) is 9.97 Å². The molecule has 4 aromatic rings. The normalized spacial score (nSPS) is 16.2. The number of anilines is 2. The fourth-order valence-corrected chi connectivity index (χ4v) is 7.08. The first-order valence-electron chi connectivity index (χ1n) is 17.0. The third-order valence-electron chi connectivity index (χ3n) is 9.31. The number of pyridine rings is 3. The van der Waals surface area contributed by atoms with Gasteiger partial charge in [0.25, 0.3) is 0 Å². The van der Waals surface area contributed by atoms with Crippen LogP contribution in [0.5, 0.6) is 11.6 Å². The number of benzene rings is 1. The van der Waals surface area contributed by atoms with Crippen molar-refractivity contribution in [1.82, 2.24) is 35.8 Å². The van der Waals surface area contributed by atoms with Gasteiger partial charge in [0.2, 0.25) is 17.7 Å². The summed E-state index contributed by atoms with van der Waals surface area (Å²) in [7, 11) is 3.20. The molecule has 0 spiro atoms. The predicted molar refractivity (Wildman–Crippen MR) is 199 cm³/mol. The van der Waals surface area contributed by atoms with Crippen molar-refractivity contribution in [2.24, 2.45) is 0 Å². The Hall–Kier alpha value is -4.49. The van der Waals surface area contributed by atoms with Crippen LogP contribution in [0.3, 0.4) is 0 Å². The minimum absolute atomic E-state index is 0.0923. The summed E-state index contributed by atoms with van der Waals surface area (Å²) >= 11 is 14.1. The molecule has 2 fully saturated rings. The molecule has 14 heteroatoms. The molecule has 0 bridgehead atoms. The predicted octanol–water partition coefficient (Wildman–Crippen LogP) is 5.74. The standard InChI is InChI=1S/C37H42Cl2N8O4/c1-22(48)47-17-13-25(14-18-47)43-20-23-11-15-42-36(35(23)50-2)45-30-6-4-5-28(32(30)38)34-33(39)27(12-16-41-34)29-9-7-24(37(46-29)51-3)19-40-21-26-8-10-31(49)44-26/h4-7,9,11-12,15-16,25-26,40,43H,8,10,13-14,17-21H2,1-3H3,(H,42,45)(H,44,49). The number of nitrogens with one attached hydrogen (secondary N) is 4. The summed E-state index contributed by atoms with van der Waals surface area (Å²) < 4.78 is 11.5. The van der Waals surface area contributed by atoms with Gasteiger partial charge in [-0.2, -0.15) is 0 Å². The number of methoxy groups -OCH3 is 2. The molecular formula is C37H42Cl2N8O4. The van der Waals surface area contributed by atoms with Gasteiger partial charge in [-0.05, 0) is 43.5 Å². The zero-order valence-electron chi connectivity index (χ0n) is 28.9.